The van der Waals surface area contributed by atoms with Crippen molar-refractivity contribution in [3.8, 4) is 5.75 Å². The third-order valence-corrected chi connectivity index (χ3v) is 6.09. The second kappa shape index (κ2) is 8.93. The van der Waals surface area contributed by atoms with Crippen molar-refractivity contribution in [1.29, 1.82) is 0 Å². The first-order chi connectivity index (χ1) is 14.1. The molecule has 6 nitrogen and oxygen atoms in total. The minimum Gasteiger partial charge on any atom is -0.507 e. The van der Waals surface area contributed by atoms with Crippen LogP contribution in [-0.4, -0.2) is 36.0 Å². The number of rotatable bonds is 6. The van der Waals surface area contributed by atoms with Crippen molar-refractivity contribution < 1.29 is 14.6 Å². The maximum absolute atomic E-state index is 10.2. The molecule has 1 aromatic heterocycles. The van der Waals surface area contributed by atoms with Crippen molar-refractivity contribution in [1.82, 2.24) is 4.98 Å². The van der Waals surface area contributed by atoms with Gasteiger partial charge in [-0.2, -0.15) is 0 Å². The number of ether oxygens (including phenoxy) is 2. The summed E-state index contributed by atoms with van der Waals surface area (Å²) in [6.45, 7) is 2.42. The Hall–Kier alpha value is -2.44. The van der Waals surface area contributed by atoms with Crippen molar-refractivity contribution in [2.24, 2.45) is 5.73 Å². The fourth-order valence-corrected chi connectivity index (χ4v) is 4.49. The van der Waals surface area contributed by atoms with E-state index in [0.29, 0.717) is 29.1 Å². The first-order valence-electron chi connectivity index (χ1n) is 10.6. The SMILES string of the molecule is N/C(=C\c1c(N)[nH]c(C2CCOCC2)c1CCC1CCCO1)c1ccccc1O. The molecule has 2 aromatic rings. The van der Waals surface area contributed by atoms with Crippen molar-refractivity contribution in [3.63, 3.8) is 0 Å². The minimum atomic E-state index is 0.168. The maximum atomic E-state index is 10.2. The van der Waals surface area contributed by atoms with E-state index < -0.39 is 0 Å². The standard InChI is InChI=1S/C23H31N3O3/c24-20(18-5-1-2-6-21(18)27)14-19-17(8-7-16-4-3-11-29-16)22(26-23(19)25)15-9-12-28-13-10-15/h1-2,5-6,14-16,26-27H,3-4,7-13,24-25H2/b20-14-. The number of phenols is 1. The van der Waals surface area contributed by atoms with Gasteiger partial charge in [0.1, 0.15) is 11.6 Å². The quantitative estimate of drug-likeness (QED) is 0.594. The molecule has 0 amide bonds. The zero-order valence-corrected chi connectivity index (χ0v) is 16.8. The molecule has 6 heteroatoms. The molecular weight excluding hydrogens is 366 g/mol. The smallest absolute Gasteiger partial charge is 0.124 e. The molecule has 6 N–H and O–H groups in total. The van der Waals surface area contributed by atoms with Gasteiger partial charge < -0.3 is 31.0 Å². The van der Waals surface area contributed by atoms with E-state index in [9.17, 15) is 5.11 Å². The van der Waals surface area contributed by atoms with E-state index in [1.54, 1.807) is 12.1 Å². The van der Waals surface area contributed by atoms with Crippen LogP contribution in [-0.2, 0) is 15.9 Å². The number of para-hydroxylation sites is 1. The molecule has 2 fully saturated rings. The Morgan fingerprint density at radius 3 is 2.69 bits per heavy atom. The van der Waals surface area contributed by atoms with Gasteiger partial charge in [-0.15, -0.1) is 0 Å². The minimum absolute atomic E-state index is 0.168. The molecule has 0 saturated carbocycles. The van der Waals surface area contributed by atoms with Crippen LogP contribution in [0.2, 0.25) is 0 Å². The highest BCUT2D eigenvalue weighted by molar-refractivity contribution is 5.86. The highest BCUT2D eigenvalue weighted by Gasteiger charge is 2.25. The number of phenolic OH excluding ortho intramolecular Hbond substituents is 1. The molecule has 0 spiro atoms. The zero-order valence-electron chi connectivity index (χ0n) is 16.8. The largest absolute Gasteiger partial charge is 0.507 e. The Labute approximate surface area is 171 Å². The number of aromatic amines is 1. The van der Waals surface area contributed by atoms with Gasteiger partial charge in [-0.25, -0.2) is 0 Å². The second-order valence-electron chi connectivity index (χ2n) is 8.02. The lowest BCUT2D eigenvalue weighted by Gasteiger charge is -2.23. The number of H-pyrrole nitrogens is 1. The van der Waals surface area contributed by atoms with Crippen molar-refractivity contribution >= 4 is 17.6 Å². The molecule has 1 aromatic carbocycles. The molecule has 3 heterocycles. The lowest BCUT2D eigenvalue weighted by molar-refractivity contribution is 0.0842. The van der Waals surface area contributed by atoms with Crippen LogP contribution in [0.1, 0.15) is 60.4 Å². The topological polar surface area (TPSA) is 107 Å². The fraction of sp³-hybridized carbons (Fsp3) is 0.478. The zero-order chi connectivity index (χ0) is 20.2. The van der Waals surface area contributed by atoms with E-state index >= 15 is 0 Å². The van der Waals surface area contributed by atoms with Crippen LogP contribution in [0, 0.1) is 0 Å². The van der Waals surface area contributed by atoms with Gasteiger partial charge >= 0.3 is 0 Å². The number of hydrogen-bond acceptors (Lipinski definition) is 5. The number of anilines is 1. The molecule has 156 valence electrons. The van der Waals surface area contributed by atoms with Crippen LogP contribution in [0.15, 0.2) is 24.3 Å². The fourth-order valence-electron chi connectivity index (χ4n) is 4.49. The first-order valence-corrected chi connectivity index (χ1v) is 10.6. The Bertz CT molecular complexity index is 862. The summed E-state index contributed by atoms with van der Waals surface area (Å²) >= 11 is 0. The van der Waals surface area contributed by atoms with E-state index in [1.807, 2.05) is 18.2 Å². The van der Waals surface area contributed by atoms with Crippen LogP contribution in [0.4, 0.5) is 5.82 Å². The Kier molecular flexibility index (Phi) is 6.11. The molecule has 0 radical (unpaired) electrons. The summed E-state index contributed by atoms with van der Waals surface area (Å²) in [5, 5.41) is 10.2. The number of aromatic hydroxyl groups is 1. The number of benzene rings is 1. The van der Waals surface area contributed by atoms with E-state index in [2.05, 4.69) is 4.98 Å². The number of hydrogen-bond donors (Lipinski definition) is 4. The van der Waals surface area contributed by atoms with E-state index in [1.165, 1.54) is 11.3 Å². The summed E-state index contributed by atoms with van der Waals surface area (Å²) in [5.74, 6) is 1.21. The number of nitrogens with two attached hydrogens (primary N) is 2. The van der Waals surface area contributed by atoms with Crippen LogP contribution in [0.25, 0.3) is 11.8 Å². The summed E-state index contributed by atoms with van der Waals surface area (Å²) in [6, 6.07) is 7.10. The van der Waals surface area contributed by atoms with Gasteiger partial charge in [0.05, 0.1) is 6.10 Å². The van der Waals surface area contributed by atoms with E-state index in [0.717, 1.165) is 63.9 Å². The van der Waals surface area contributed by atoms with E-state index in [4.69, 9.17) is 20.9 Å². The monoisotopic (exact) mass is 397 g/mol. The second-order valence-corrected chi connectivity index (χ2v) is 8.02. The lowest BCUT2D eigenvalue weighted by atomic mass is 9.90. The third-order valence-electron chi connectivity index (χ3n) is 6.09. The lowest BCUT2D eigenvalue weighted by Crippen LogP contribution is -2.16. The summed E-state index contributed by atoms with van der Waals surface area (Å²) in [4.78, 5) is 3.45. The highest BCUT2D eigenvalue weighted by atomic mass is 16.5. The normalized spacial score (nSPS) is 21.0. The molecule has 2 aliphatic rings. The predicted molar refractivity (Wildman–Crippen MR) is 115 cm³/mol. The molecule has 0 aliphatic carbocycles. The van der Waals surface area contributed by atoms with Crippen LogP contribution < -0.4 is 11.5 Å². The third kappa shape index (κ3) is 4.43. The van der Waals surface area contributed by atoms with Crippen LogP contribution >= 0.6 is 0 Å². The van der Waals surface area contributed by atoms with Crippen molar-refractivity contribution in [2.45, 2.75) is 50.5 Å². The van der Waals surface area contributed by atoms with Gasteiger partial charge in [0.25, 0.3) is 0 Å². The van der Waals surface area contributed by atoms with Gasteiger partial charge in [0, 0.05) is 48.3 Å². The molecule has 4 rings (SSSR count). The molecule has 2 saturated heterocycles. The average molecular weight is 398 g/mol. The Morgan fingerprint density at radius 1 is 1.17 bits per heavy atom. The number of nitrogens with one attached hydrogen (secondary N) is 1. The average Bonchev–Trinajstić information content (AvgIpc) is 3.36. The highest BCUT2D eigenvalue weighted by Crippen LogP contribution is 2.36. The molecule has 1 unspecified atom stereocenters. The maximum Gasteiger partial charge on any atom is 0.124 e. The van der Waals surface area contributed by atoms with E-state index in [-0.39, 0.29) is 5.75 Å². The van der Waals surface area contributed by atoms with Gasteiger partial charge in [0.2, 0.25) is 0 Å². The van der Waals surface area contributed by atoms with Crippen molar-refractivity contribution in [2.75, 3.05) is 25.6 Å². The molecule has 29 heavy (non-hydrogen) atoms. The number of nitrogen functional groups attached to an aromatic ring is 1. The Balaban J connectivity index is 1.68. The summed E-state index contributed by atoms with van der Waals surface area (Å²) < 4.78 is 11.4. The molecule has 2 aliphatic heterocycles. The van der Waals surface area contributed by atoms with Crippen LogP contribution in [0.5, 0.6) is 5.75 Å². The summed E-state index contributed by atoms with van der Waals surface area (Å²) in [6.07, 6.45) is 8.33. The predicted octanol–water partition coefficient (Wildman–Crippen LogP) is 3.76. The van der Waals surface area contributed by atoms with Gasteiger partial charge in [-0.3, -0.25) is 0 Å². The molecule has 1 atom stereocenters. The van der Waals surface area contributed by atoms with Crippen LogP contribution in [0.3, 0.4) is 0 Å². The van der Waals surface area contributed by atoms with Crippen molar-refractivity contribution in [3.05, 3.63) is 46.6 Å². The van der Waals surface area contributed by atoms with Gasteiger partial charge in [0.15, 0.2) is 0 Å². The van der Waals surface area contributed by atoms with Gasteiger partial charge in [-0.05, 0) is 62.3 Å². The first kappa shape index (κ1) is 19.9. The van der Waals surface area contributed by atoms with Gasteiger partial charge in [-0.1, -0.05) is 12.1 Å². The molecule has 0 bridgehead atoms. The Morgan fingerprint density at radius 2 is 1.97 bits per heavy atom. The summed E-state index contributed by atoms with van der Waals surface area (Å²) in [5.41, 5.74) is 17.3. The summed E-state index contributed by atoms with van der Waals surface area (Å²) in [7, 11) is 0. The number of aromatic nitrogens is 1. The molecular formula is C23H31N3O3.